The molecule has 0 bridgehead atoms. The highest BCUT2D eigenvalue weighted by molar-refractivity contribution is 5.15. The molecule has 0 aromatic heterocycles. The average molecular weight is 927 g/mol. The van der Waals surface area contributed by atoms with Crippen LogP contribution in [-0.2, 0) is 33.2 Å². The van der Waals surface area contributed by atoms with Gasteiger partial charge in [-0.3, -0.25) is 0 Å². The fraction of sp³-hybridized carbons (Fsp3) is 1.00. The van der Waals surface area contributed by atoms with Crippen LogP contribution in [-0.4, -0.2) is 159 Å². The Bertz CT molecular complexity index is 1160. The summed E-state index contributed by atoms with van der Waals surface area (Å²) in [6, 6.07) is 0. The molecule has 0 saturated heterocycles. The average Bonchev–Trinajstić information content (AvgIpc) is 3.06. The SMILES string of the molecule is CCCOC(COCCOC)COCC(F)(F)C(F)(F)C(F)(F)C(F)(F)C(F)(F)C(F)(F)C(F)(F)C(F)(F)F.COCCOCCOCC(F)(F)C(F)(F)C(F)(F)F. The predicted molar refractivity (Wildman–Crippen MR) is 144 cm³/mol. The number of methoxy groups -OCH3 is 2. The van der Waals surface area contributed by atoms with E-state index >= 15 is 0 Å². The van der Waals surface area contributed by atoms with Gasteiger partial charge in [0, 0.05) is 20.8 Å². The van der Waals surface area contributed by atoms with E-state index in [0.29, 0.717) is 0 Å². The van der Waals surface area contributed by atoms with Gasteiger partial charge in [-0.2, -0.15) is 105 Å². The maximum Gasteiger partial charge on any atom is 0.460 e. The summed E-state index contributed by atoms with van der Waals surface area (Å²) in [6.07, 6.45) is -15.2. The molecule has 0 fully saturated rings. The van der Waals surface area contributed by atoms with Gasteiger partial charge < -0.3 is 33.2 Å². The van der Waals surface area contributed by atoms with Crippen LogP contribution in [0.3, 0.4) is 0 Å². The van der Waals surface area contributed by atoms with Crippen LogP contribution >= 0.6 is 0 Å². The summed E-state index contributed by atoms with van der Waals surface area (Å²) in [7, 11) is 2.64. The van der Waals surface area contributed by atoms with Crippen LogP contribution in [0.5, 0.6) is 0 Å². The van der Waals surface area contributed by atoms with Gasteiger partial charge >= 0.3 is 65.7 Å². The van der Waals surface area contributed by atoms with E-state index in [9.17, 15) is 105 Å². The van der Waals surface area contributed by atoms with Crippen LogP contribution in [0.1, 0.15) is 13.3 Å². The molecule has 7 nitrogen and oxygen atoms in total. The van der Waals surface area contributed by atoms with E-state index in [2.05, 4.69) is 18.9 Å². The molecule has 0 aliphatic heterocycles. The van der Waals surface area contributed by atoms with E-state index in [1.54, 1.807) is 0 Å². The van der Waals surface area contributed by atoms with E-state index in [1.807, 2.05) is 0 Å². The molecular weight excluding hydrogens is 892 g/mol. The van der Waals surface area contributed by atoms with Gasteiger partial charge in [0.2, 0.25) is 0 Å². The largest absolute Gasteiger partial charge is 0.460 e. The zero-order valence-corrected chi connectivity index (χ0v) is 29.5. The smallest absolute Gasteiger partial charge is 0.382 e. The molecule has 0 amide bonds. The Hall–Kier alpha value is -1.96. The highest BCUT2D eigenvalue weighted by Crippen LogP contribution is 2.64. The van der Waals surface area contributed by atoms with Gasteiger partial charge in [-0.25, -0.2) is 0 Å². The number of ether oxygens (including phenoxy) is 7. The first-order valence-corrected chi connectivity index (χ1v) is 15.2. The lowest BCUT2D eigenvalue weighted by Gasteiger charge is -2.42. The lowest BCUT2D eigenvalue weighted by atomic mass is 9.89. The molecule has 0 spiro atoms. The fourth-order valence-electron chi connectivity index (χ4n) is 3.25. The first-order chi connectivity index (χ1) is 25.8. The van der Waals surface area contributed by atoms with Gasteiger partial charge in [0.25, 0.3) is 0 Å². The summed E-state index contributed by atoms with van der Waals surface area (Å²) < 4.78 is 342. The minimum atomic E-state index is -8.67. The quantitative estimate of drug-likeness (QED) is 0.0603. The normalized spacial score (nSPS) is 15.4. The standard InChI is InChI=1S/C18H21F17O4.C9H13F7O3/c1-3-4-39-10(7-37-6-5-36-2)8-38-9-11(19,20)12(21,22)13(23,24)14(25,26)15(27,28)16(29,30)17(31,32)18(33,34)35;1-17-2-3-18-4-5-19-6-7(10,11)8(12,13)9(14,15)16/h10H,3-9H2,1-2H3;2-6H2,1H3. The van der Waals surface area contributed by atoms with Gasteiger partial charge in [0.1, 0.15) is 19.3 Å². The lowest BCUT2D eigenvalue weighted by molar-refractivity contribution is -0.462. The maximum atomic E-state index is 13.9. The first-order valence-electron chi connectivity index (χ1n) is 15.2. The molecule has 31 heteroatoms. The summed E-state index contributed by atoms with van der Waals surface area (Å²) in [5.74, 6) is -68.3. The van der Waals surface area contributed by atoms with Gasteiger partial charge in [-0.15, -0.1) is 0 Å². The van der Waals surface area contributed by atoms with E-state index in [4.69, 9.17) is 14.2 Å². The zero-order chi connectivity index (χ0) is 46.5. The molecular formula is C27H34F24O7. The summed E-state index contributed by atoms with van der Waals surface area (Å²) >= 11 is 0. The van der Waals surface area contributed by atoms with E-state index in [0.717, 1.165) is 0 Å². The summed E-state index contributed by atoms with van der Waals surface area (Å²) in [5.41, 5.74) is 0. The van der Waals surface area contributed by atoms with Crippen molar-refractivity contribution >= 4 is 0 Å². The molecule has 0 saturated carbocycles. The zero-order valence-electron chi connectivity index (χ0n) is 29.5. The van der Waals surface area contributed by atoms with Crippen molar-refractivity contribution in [2.75, 3.05) is 86.9 Å². The molecule has 58 heavy (non-hydrogen) atoms. The molecule has 0 aliphatic carbocycles. The Balaban J connectivity index is 0. The monoisotopic (exact) mass is 926 g/mol. The van der Waals surface area contributed by atoms with Gasteiger partial charge in [0.05, 0.1) is 52.9 Å². The van der Waals surface area contributed by atoms with Crippen molar-refractivity contribution in [3.63, 3.8) is 0 Å². The van der Waals surface area contributed by atoms with Crippen LogP contribution in [0, 0.1) is 0 Å². The van der Waals surface area contributed by atoms with Crippen molar-refractivity contribution in [1.29, 1.82) is 0 Å². The second-order valence-corrected chi connectivity index (χ2v) is 11.2. The number of alkyl halides is 24. The van der Waals surface area contributed by atoms with Crippen LogP contribution in [0.25, 0.3) is 0 Å². The molecule has 0 radical (unpaired) electrons. The third kappa shape index (κ3) is 13.5. The number of hydrogen-bond acceptors (Lipinski definition) is 7. The number of hydrogen-bond donors (Lipinski definition) is 0. The Morgan fingerprint density at radius 1 is 0.345 bits per heavy atom. The third-order valence-electron chi connectivity index (χ3n) is 6.57. The van der Waals surface area contributed by atoms with Crippen LogP contribution in [0.15, 0.2) is 0 Å². The molecule has 0 N–H and O–H groups in total. The fourth-order valence-corrected chi connectivity index (χ4v) is 3.25. The molecule has 0 aromatic carbocycles. The molecule has 1 atom stereocenters. The second-order valence-electron chi connectivity index (χ2n) is 11.2. The Morgan fingerprint density at radius 2 is 0.672 bits per heavy atom. The molecule has 0 rings (SSSR count). The minimum Gasteiger partial charge on any atom is -0.382 e. The Labute approximate surface area is 311 Å². The van der Waals surface area contributed by atoms with E-state index < -0.39 is 105 Å². The maximum absolute atomic E-state index is 13.9. The molecule has 0 aliphatic rings. The summed E-state index contributed by atoms with van der Waals surface area (Å²) in [4.78, 5) is 0. The second kappa shape index (κ2) is 21.7. The molecule has 0 aromatic rings. The molecule has 0 heterocycles. The van der Waals surface area contributed by atoms with Crippen molar-refractivity contribution in [1.82, 2.24) is 0 Å². The topological polar surface area (TPSA) is 64.6 Å². The molecule has 1 unspecified atom stereocenters. The van der Waals surface area contributed by atoms with Crippen molar-refractivity contribution < 1.29 is 139 Å². The van der Waals surface area contributed by atoms with Crippen LogP contribution in [0.2, 0.25) is 0 Å². The lowest BCUT2D eigenvalue weighted by Crippen LogP contribution is -2.74. The highest BCUT2D eigenvalue weighted by Gasteiger charge is 2.95. The highest BCUT2D eigenvalue weighted by atomic mass is 19.4. The van der Waals surface area contributed by atoms with E-state index in [-0.39, 0.29) is 46.1 Å². The van der Waals surface area contributed by atoms with E-state index in [1.165, 1.54) is 21.1 Å². The van der Waals surface area contributed by atoms with Gasteiger partial charge in [0.15, 0.2) is 0 Å². The van der Waals surface area contributed by atoms with Crippen molar-refractivity contribution in [3.8, 4) is 0 Å². The summed E-state index contributed by atoms with van der Waals surface area (Å²) in [6.45, 7) is -5.92. The molecule has 352 valence electrons. The Kier molecular flexibility index (Phi) is 21.8. The van der Waals surface area contributed by atoms with Crippen molar-refractivity contribution in [2.24, 2.45) is 0 Å². The summed E-state index contributed by atoms with van der Waals surface area (Å²) in [5, 5.41) is 0. The number of rotatable bonds is 27. The number of halogens is 24. The van der Waals surface area contributed by atoms with Crippen molar-refractivity contribution in [3.05, 3.63) is 0 Å². The van der Waals surface area contributed by atoms with Crippen molar-refractivity contribution in [2.45, 2.75) is 85.1 Å². The minimum absolute atomic E-state index is 0.00642. The van der Waals surface area contributed by atoms with Crippen LogP contribution < -0.4 is 0 Å². The third-order valence-corrected chi connectivity index (χ3v) is 6.57. The predicted octanol–water partition coefficient (Wildman–Crippen LogP) is 8.97. The first kappa shape index (κ1) is 58.1. The van der Waals surface area contributed by atoms with Gasteiger partial charge in [-0.05, 0) is 6.42 Å². The van der Waals surface area contributed by atoms with Crippen LogP contribution in [0.4, 0.5) is 105 Å². The Morgan fingerprint density at radius 3 is 1.09 bits per heavy atom. The van der Waals surface area contributed by atoms with Gasteiger partial charge in [-0.1, -0.05) is 6.92 Å².